The van der Waals surface area contributed by atoms with Crippen molar-refractivity contribution < 1.29 is 13.2 Å². The van der Waals surface area contributed by atoms with E-state index in [4.69, 9.17) is 0 Å². The average Bonchev–Trinajstić information content (AvgIpc) is 3.75. The van der Waals surface area contributed by atoms with E-state index in [1.165, 1.54) is 17.2 Å². The summed E-state index contributed by atoms with van der Waals surface area (Å²) in [6.07, 6.45) is -4.59. The molecule has 2 heterocycles. The molecular formula is C52H34F3N3. The molecule has 0 saturated carbocycles. The minimum Gasteiger partial charge on any atom is -0.309 e. The zero-order valence-corrected chi connectivity index (χ0v) is 31.6. The summed E-state index contributed by atoms with van der Waals surface area (Å²) in [6, 6.07) is 57.0. The first-order valence-corrected chi connectivity index (χ1v) is 19.1. The van der Waals surface area contributed by atoms with Gasteiger partial charge in [-0.15, -0.1) is 0 Å². The zero-order valence-electron chi connectivity index (χ0n) is 31.6. The van der Waals surface area contributed by atoms with E-state index < -0.39 is 11.7 Å². The maximum atomic E-state index is 14.7. The lowest BCUT2D eigenvalue weighted by atomic mass is 9.96. The molecule has 0 atom stereocenters. The molecule has 0 fully saturated rings. The van der Waals surface area contributed by atoms with Crippen LogP contribution in [0, 0.1) is 25.2 Å². The number of halogens is 3. The van der Waals surface area contributed by atoms with Crippen LogP contribution in [0.5, 0.6) is 0 Å². The quantitative estimate of drug-likeness (QED) is 0.172. The number of alkyl halides is 3. The van der Waals surface area contributed by atoms with E-state index in [0.29, 0.717) is 28.1 Å². The van der Waals surface area contributed by atoms with Gasteiger partial charge in [-0.3, -0.25) is 0 Å². The molecule has 10 aromatic rings. The van der Waals surface area contributed by atoms with E-state index in [9.17, 15) is 18.4 Å². The van der Waals surface area contributed by atoms with Crippen LogP contribution in [-0.4, -0.2) is 9.13 Å². The Morgan fingerprint density at radius 1 is 0.431 bits per heavy atom. The molecule has 0 saturated heterocycles. The van der Waals surface area contributed by atoms with Crippen molar-refractivity contribution in [3.8, 4) is 50.8 Å². The van der Waals surface area contributed by atoms with Crippen LogP contribution in [0.15, 0.2) is 170 Å². The van der Waals surface area contributed by atoms with Gasteiger partial charge in [0.1, 0.15) is 0 Å². The highest BCUT2D eigenvalue weighted by Gasteiger charge is 2.32. The Kier molecular flexibility index (Phi) is 8.10. The summed E-state index contributed by atoms with van der Waals surface area (Å²) >= 11 is 0. The number of nitrogens with zero attached hydrogens (tertiary/aromatic N) is 3. The Labute approximate surface area is 333 Å². The molecule has 0 aliphatic rings. The third-order valence-corrected chi connectivity index (χ3v) is 11.3. The predicted octanol–water partition coefficient (Wildman–Crippen LogP) is 14.4. The molecule has 278 valence electrons. The van der Waals surface area contributed by atoms with E-state index >= 15 is 0 Å². The number of hydrogen-bond donors (Lipinski definition) is 0. The average molecular weight is 758 g/mol. The normalized spacial score (nSPS) is 11.9. The molecule has 0 spiro atoms. The molecule has 6 heteroatoms. The van der Waals surface area contributed by atoms with Gasteiger partial charge in [-0.05, 0) is 103 Å². The van der Waals surface area contributed by atoms with Crippen molar-refractivity contribution in [2.24, 2.45) is 0 Å². The fourth-order valence-corrected chi connectivity index (χ4v) is 8.45. The minimum atomic E-state index is -4.59. The first-order valence-electron chi connectivity index (χ1n) is 19.1. The molecular weight excluding hydrogens is 724 g/mol. The van der Waals surface area contributed by atoms with Crippen LogP contribution < -0.4 is 0 Å². The van der Waals surface area contributed by atoms with Crippen molar-refractivity contribution in [2.45, 2.75) is 20.0 Å². The lowest BCUT2D eigenvalue weighted by Gasteiger charge is -2.20. The molecule has 0 amide bonds. The molecule has 10 rings (SSSR count). The van der Waals surface area contributed by atoms with Gasteiger partial charge in [-0.25, -0.2) is 0 Å². The lowest BCUT2D eigenvalue weighted by molar-refractivity contribution is -0.137. The van der Waals surface area contributed by atoms with E-state index in [2.05, 4.69) is 126 Å². The fraction of sp³-hybridized carbons (Fsp3) is 0.0577. The standard InChI is InChI=1S/C52H34F3N3/c1-32-11-16-35(17-12-32)37-20-24-48-43(28-37)40-7-3-5-9-46(40)57(48)50-26-22-39(52(53,54)55)30-45(50)42-23-15-34(31-56)27-51(42)58-47-10-6-4-8-41(47)44-29-38(21-25-49(44)58)36-18-13-33(2)14-19-36/h3-30H,1-2H3. The third kappa shape index (κ3) is 5.74. The largest absolute Gasteiger partial charge is 0.416 e. The summed E-state index contributed by atoms with van der Waals surface area (Å²) in [4.78, 5) is 0. The summed E-state index contributed by atoms with van der Waals surface area (Å²) in [5, 5.41) is 14.2. The van der Waals surface area contributed by atoms with E-state index in [1.807, 2.05) is 36.4 Å². The number of benzene rings is 8. The van der Waals surface area contributed by atoms with Gasteiger partial charge in [0, 0.05) is 32.7 Å². The lowest BCUT2D eigenvalue weighted by Crippen LogP contribution is -2.08. The molecule has 58 heavy (non-hydrogen) atoms. The third-order valence-electron chi connectivity index (χ3n) is 11.3. The van der Waals surface area contributed by atoms with E-state index in [1.54, 1.807) is 24.3 Å². The summed E-state index contributed by atoms with van der Waals surface area (Å²) < 4.78 is 48.4. The van der Waals surface area contributed by atoms with Crippen LogP contribution in [0.1, 0.15) is 22.3 Å². The Bertz CT molecular complexity index is 3290. The molecule has 8 aromatic carbocycles. The van der Waals surface area contributed by atoms with Gasteiger partial charge in [0.25, 0.3) is 0 Å². The molecule has 0 aliphatic carbocycles. The van der Waals surface area contributed by atoms with Crippen molar-refractivity contribution in [1.82, 2.24) is 9.13 Å². The second-order valence-corrected chi connectivity index (χ2v) is 15.0. The Hall–Kier alpha value is -7.36. The van der Waals surface area contributed by atoms with Gasteiger partial charge in [0.2, 0.25) is 0 Å². The van der Waals surface area contributed by atoms with Gasteiger partial charge in [-0.2, -0.15) is 18.4 Å². The maximum Gasteiger partial charge on any atom is 0.416 e. The highest BCUT2D eigenvalue weighted by Crippen LogP contribution is 2.44. The number of nitriles is 1. The summed E-state index contributed by atoms with van der Waals surface area (Å²) in [6.45, 7) is 4.12. The minimum absolute atomic E-state index is 0.391. The maximum absolute atomic E-state index is 14.7. The number of aromatic nitrogens is 2. The SMILES string of the molecule is Cc1ccc(-c2ccc3c(c2)c2ccccc2n3-c2ccc(C(F)(F)F)cc2-c2ccc(C#N)cc2-n2c3ccccc3c3cc(-c4ccc(C)cc4)ccc32)cc1. The molecule has 0 aliphatic heterocycles. The zero-order chi connectivity index (χ0) is 39.7. The molecule has 2 aromatic heterocycles. The summed E-state index contributed by atoms with van der Waals surface area (Å²) in [5.74, 6) is 0. The van der Waals surface area contributed by atoms with Crippen molar-refractivity contribution in [2.75, 3.05) is 0 Å². The van der Waals surface area contributed by atoms with Gasteiger partial charge in [0.15, 0.2) is 0 Å². The van der Waals surface area contributed by atoms with Gasteiger partial charge in [0.05, 0.1) is 50.6 Å². The van der Waals surface area contributed by atoms with E-state index in [0.717, 1.165) is 71.9 Å². The summed E-state index contributed by atoms with van der Waals surface area (Å²) in [5.41, 5.74) is 11.9. The Morgan fingerprint density at radius 3 is 1.43 bits per heavy atom. The van der Waals surface area contributed by atoms with E-state index in [-0.39, 0.29) is 0 Å². The topological polar surface area (TPSA) is 33.6 Å². The predicted molar refractivity (Wildman–Crippen MR) is 231 cm³/mol. The number of rotatable bonds is 5. The molecule has 0 radical (unpaired) electrons. The van der Waals surface area contributed by atoms with Crippen LogP contribution in [0.25, 0.3) is 88.4 Å². The number of para-hydroxylation sites is 2. The highest BCUT2D eigenvalue weighted by molar-refractivity contribution is 6.12. The molecule has 0 bridgehead atoms. The van der Waals surface area contributed by atoms with Crippen molar-refractivity contribution in [1.29, 1.82) is 5.26 Å². The van der Waals surface area contributed by atoms with Crippen molar-refractivity contribution in [3.05, 3.63) is 192 Å². The second-order valence-electron chi connectivity index (χ2n) is 15.0. The Morgan fingerprint density at radius 2 is 0.914 bits per heavy atom. The highest BCUT2D eigenvalue weighted by atomic mass is 19.4. The molecule has 0 unspecified atom stereocenters. The van der Waals surface area contributed by atoms with Gasteiger partial charge in [-0.1, -0.05) is 114 Å². The Balaban J connectivity index is 1.26. The van der Waals surface area contributed by atoms with Crippen LogP contribution in [0.3, 0.4) is 0 Å². The van der Waals surface area contributed by atoms with Crippen LogP contribution in [0.2, 0.25) is 0 Å². The fourth-order valence-electron chi connectivity index (χ4n) is 8.45. The van der Waals surface area contributed by atoms with Crippen molar-refractivity contribution in [3.63, 3.8) is 0 Å². The number of aryl methyl sites for hydroxylation is 2. The van der Waals surface area contributed by atoms with Crippen molar-refractivity contribution >= 4 is 43.6 Å². The first kappa shape index (κ1) is 35.1. The molecule has 0 N–H and O–H groups in total. The van der Waals surface area contributed by atoms with Crippen LogP contribution in [-0.2, 0) is 6.18 Å². The number of fused-ring (bicyclic) bond motifs is 6. The second kappa shape index (κ2) is 13.4. The summed E-state index contributed by atoms with van der Waals surface area (Å²) in [7, 11) is 0. The van der Waals surface area contributed by atoms with Crippen LogP contribution >= 0.6 is 0 Å². The first-order chi connectivity index (χ1) is 28.2. The molecule has 3 nitrogen and oxygen atoms in total. The smallest absolute Gasteiger partial charge is 0.309 e. The van der Waals surface area contributed by atoms with Gasteiger partial charge < -0.3 is 9.13 Å². The van der Waals surface area contributed by atoms with Gasteiger partial charge >= 0.3 is 6.18 Å². The monoisotopic (exact) mass is 757 g/mol. The van der Waals surface area contributed by atoms with Crippen LogP contribution in [0.4, 0.5) is 13.2 Å². The number of hydrogen-bond acceptors (Lipinski definition) is 1.